The number of piperidine rings is 1. The SMILES string of the molecule is CCN1CCC(N2C(=O)OCC2C2=CC=CCC=C2)CC1.Clc1ccccc1Oc1ccccc1. The molecule has 1 amide bonds. The zero-order valence-electron chi connectivity index (χ0n) is 20.2. The normalized spacial score (nSPS) is 20.5. The van der Waals surface area contributed by atoms with Crippen LogP contribution in [0, 0.1) is 0 Å². The lowest BCUT2D eigenvalue weighted by Gasteiger charge is -2.37. The van der Waals surface area contributed by atoms with Gasteiger partial charge in [0.15, 0.2) is 0 Å². The van der Waals surface area contributed by atoms with Gasteiger partial charge in [-0.1, -0.05) is 79.2 Å². The highest BCUT2D eigenvalue weighted by Crippen LogP contribution is 2.29. The van der Waals surface area contributed by atoms with Gasteiger partial charge in [-0.05, 0) is 55.6 Å². The molecule has 2 heterocycles. The summed E-state index contributed by atoms with van der Waals surface area (Å²) in [6.07, 6.45) is 13.5. The van der Waals surface area contributed by atoms with E-state index in [1.54, 1.807) is 6.07 Å². The summed E-state index contributed by atoms with van der Waals surface area (Å²) < 4.78 is 10.9. The Labute approximate surface area is 213 Å². The molecule has 35 heavy (non-hydrogen) atoms. The Hall–Kier alpha value is -3.02. The molecule has 1 atom stereocenters. The van der Waals surface area contributed by atoms with E-state index in [1.165, 1.54) is 5.57 Å². The summed E-state index contributed by atoms with van der Waals surface area (Å²) in [7, 11) is 0. The van der Waals surface area contributed by atoms with E-state index < -0.39 is 0 Å². The van der Waals surface area contributed by atoms with E-state index in [2.05, 4.69) is 42.2 Å². The molecule has 5 rings (SSSR count). The maximum atomic E-state index is 12.2. The number of amides is 1. The summed E-state index contributed by atoms with van der Waals surface area (Å²) in [5.41, 5.74) is 1.19. The maximum absolute atomic E-state index is 12.2. The van der Waals surface area contributed by atoms with Gasteiger partial charge in [-0.3, -0.25) is 4.90 Å². The van der Waals surface area contributed by atoms with Crippen molar-refractivity contribution < 1.29 is 14.3 Å². The molecule has 184 valence electrons. The number of halogens is 1. The fourth-order valence-electron chi connectivity index (χ4n) is 4.57. The summed E-state index contributed by atoms with van der Waals surface area (Å²) >= 11 is 5.95. The lowest BCUT2D eigenvalue weighted by atomic mass is 9.99. The predicted molar refractivity (Wildman–Crippen MR) is 141 cm³/mol. The molecule has 5 nitrogen and oxygen atoms in total. The molecular formula is C29H33ClN2O3. The maximum Gasteiger partial charge on any atom is 0.410 e. The largest absolute Gasteiger partial charge is 0.456 e. The number of allylic oxidation sites excluding steroid dienone is 4. The molecule has 1 aliphatic carbocycles. The Kier molecular flexibility index (Phi) is 9.04. The van der Waals surface area contributed by atoms with Gasteiger partial charge in [-0.2, -0.15) is 0 Å². The van der Waals surface area contributed by atoms with E-state index in [-0.39, 0.29) is 12.1 Å². The molecule has 0 radical (unpaired) electrons. The van der Waals surface area contributed by atoms with Crippen LogP contribution in [-0.2, 0) is 4.74 Å². The fourth-order valence-corrected chi connectivity index (χ4v) is 4.74. The Balaban J connectivity index is 0.000000179. The molecule has 3 aliphatic rings. The highest BCUT2D eigenvalue weighted by atomic mass is 35.5. The van der Waals surface area contributed by atoms with Crippen LogP contribution in [0.25, 0.3) is 0 Å². The molecular weight excluding hydrogens is 460 g/mol. The number of carbonyl (C=O) groups excluding carboxylic acids is 1. The van der Waals surface area contributed by atoms with Gasteiger partial charge in [0.1, 0.15) is 18.1 Å². The first-order valence-corrected chi connectivity index (χ1v) is 12.7. The second-order valence-corrected chi connectivity index (χ2v) is 9.15. The first-order chi connectivity index (χ1) is 17.2. The van der Waals surface area contributed by atoms with Crippen molar-refractivity contribution in [1.29, 1.82) is 0 Å². The number of carbonyl (C=O) groups is 1. The molecule has 0 bridgehead atoms. The van der Waals surface area contributed by atoms with Gasteiger partial charge in [0, 0.05) is 19.1 Å². The van der Waals surface area contributed by atoms with Crippen LogP contribution in [0.1, 0.15) is 26.2 Å². The third-order valence-electron chi connectivity index (χ3n) is 6.51. The lowest BCUT2D eigenvalue weighted by molar-refractivity contribution is 0.113. The molecule has 0 saturated carbocycles. The van der Waals surface area contributed by atoms with E-state index in [9.17, 15) is 4.79 Å². The molecule has 2 saturated heterocycles. The van der Waals surface area contributed by atoms with E-state index >= 15 is 0 Å². The fraction of sp³-hybridized carbons (Fsp3) is 0.345. The minimum absolute atomic E-state index is 0.0784. The van der Waals surface area contributed by atoms with Crippen LogP contribution in [0.2, 0.25) is 5.02 Å². The van der Waals surface area contributed by atoms with Crippen molar-refractivity contribution in [3.63, 3.8) is 0 Å². The van der Waals surface area contributed by atoms with Crippen molar-refractivity contribution in [3.05, 3.63) is 95.6 Å². The van der Waals surface area contributed by atoms with Crippen LogP contribution < -0.4 is 4.74 Å². The van der Waals surface area contributed by atoms with Crippen molar-refractivity contribution in [1.82, 2.24) is 9.80 Å². The molecule has 2 fully saturated rings. The van der Waals surface area contributed by atoms with Crippen molar-refractivity contribution in [2.75, 3.05) is 26.2 Å². The van der Waals surface area contributed by atoms with Crippen LogP contribution in [0.15, 0.2) is 90.6 Å². The number of rotatable bonds is 5. The summed E-state index contributed by atoms with van der Waals surface area (Å²) in [5, 5.41) is 0.622. The first kappa shape index (κ1) is 25.1. The molecule has 0 aromatic heterocycles. The number of hydrogen-bond donors (Lipinski definition) is 0. The quantitative estimate of drug-likeness (QED) is 0.457. The lowest BCUT2D eigenvalue weighted by Crippen LogP contribution is -2.48. The van der Waals surface area contributed by atoms with Crippen LogP contribution in [0.3, 0.4) is 0 Å². The summed E-state index contributed by atoms with van der Waals surface area (Å²) in [5.74, 6) is 1.47. The Morgan fingerprint density at radius 3 is 2.51 bits per heavy atom. The van der Waals surface area contributed by atoms with Crippen LogP contribution in [0.5, 0.6) is 11.5 Å². The number of hydrogen-bond acceptors (Lipinski definition) is 4. The highest BCUT2D eigenvalue weighted by Gasteiger charge is 2.40. The zero-order chi connectivity index (χ0) is 24.5. The molecule has 1 unspecified atom stereocenters. The predicted octanol–water partition coefficient (Wildman–Crippen LogP) is 6.87. The molecule has 0 spiro atoms. The van der Waals surface area contributed by atoms with Gasteiger partial charge in [-0.25, -0.2) is 4.79 Å². The van der Waals surface area contributed by atoms with Gasteiger partial charge in [0.05, 0.1) is 11.1 Å². The molecule has 6 heteroatoms. The average Bonchev–Trinajstić information content (AvgIpc) is 3.09. The Morgan fingerprint density at radius 2 is 1.77 bits per heavy atom. The molecule has 2 aromatic carbocycles. The minimum atomic E-state index is -0.141. The summed E-state index contributed by atoms with van der Waals surface area (Å²) in [4.78, 5) is 16.6. The smallest absolute Gasteiger partial charge is 0.410 e. The van der Waals surface area contributed by atoms with E-state index in [4.69, 9.17) is 21.1 Å². The number of cyclic esters (lactones) is 1. The van der Waals surface area contributed by atoms with Crippen molar-refractivity contribution >= 4 is 17.7 Å². The summed E-state index contributed by atoms with van der Waals surface area (Å²) in [6, 6.07) is 17.4. The molecule has 0 N–H and O–H groups in total. The third kappa shape index (κ3) is 6.77. The number of benzene rings is 2. The van der Waals surface area contributed by atoms with E-state index in [1.807, 2.05) is 53.4 Å². The van der Waals surface area contributed by atoms with Crippen LogP contribution in [0.4, 0.5) is 4.79 Å². The van der Waals surface area contributed by atoms with E-state index in [0.29, 0.717) is 23.4 Å². The van der Waals surface area contributed by atoms with E-state index in [0.717, 1.165) is 44.6 Å². The van der Waals surface area contributed by atoms with Crippen molar-refractivity contribution in [3.8, 4) is 11.5 Å². The minimum Gasteiger partial charge on any atom is -0.456 e. The van der Waals surface area contributed by atoms with Crippen LogP contribution in [-0.4, -0.2) is 54.2 Å². The van der Waals surface area contributed by atoms with Crippen molar-refractivity contribution in [2.24, 2.45) is 0 Å². The second kappa shape index (κ2) is 12.6. The molecule has 2 aliphatic heterocycles. The highest BCUT2D eigenvalue weighted by molar-refractivity contribution is 6.32. The Morgan fingerprint density at radius 1 is 1.03 bits per heavy atom. The number of ether oxygens (including phenoxy) is 2. The second-order valence-electron chi connectivity index (χ2n) is 8.74. The van der Waals surface area contributed by atoms with Crippen molar-refractivity contribution in [2.45, 2.75) is 38.3 Å². The van der Waals surface area contributed by atoms with Gasteiger partial charge in [-0.15, -0.1) is 0 Å². The van der Waals surface area contributed by atoms with Gasteiger partial charge >= 0.3 is 6.09 Å². The van der Waals surface area contributed by atoms with Gasteiger partial charge in [0.25, 0.3) is 0 Å². The topological polar surface area (TPSA) is 42.0 Å². The number of nitrogens with zero attached hydrogens (tertiary/aromatic N) is 2. The number of para-hydroxylation sites is 2. The Bertz CT molecular complexity index is 1060. The third-order valence-corrected chi connectivity index (χ3v) is 6.82. The summed E-state index contributed by atoms with van der Waals surface area (Å²) in [6.45, 7) is 5.93. The zero-order valence-corrected chi connectivity index (χ0v) is 20.9. The standard InChI is InChI=1S/C17H24N2O2.C12H9ClO/c1-2-18-11-9-15(10-12-18)19-16(13-21-17(19)20)14-7-5-3-4-6-8-14;13-11-8-4-5-9-12(11)14-10-6-2-1-3-7-10/h3,5-8,15-16H,2,4,9-13H2,1H3;1-9H. The van der Waals surface area contributed by atoms with Gasteiger partial charge < -0.3 is 14.4 Å². The number of likely N-dealkylation sites (tertiary alicyclic amines) is 1. The van der Waals surface area contributed by atoms with Gasteiger partial charge in [0.2, 0.25) is 0 Å². The monoisotopic (exact) mass is 492 g/mol. The average molecular weight is 493 g/mol. The first-order valence-electron chi connectivity index (χ1n) is 12.3. The van der Waals surface area contributed by atoms with Crippen LogP contribution >= 0.6 is 11.6 Å². The molecule has 2 aromatic rings.